The molecular formula is C18H13F3N2O6S2. The van der Waals surface area contributed by atoms with Crippen LogP contribution in [0.4, 0.5) is 18.9 Å². The van der Waals surface area contributed by atoms with E-state index in [-0.39, 0.29) is 11.4 Å². The molecular weight excluding hydrogens is 461 g/mol. The lowest BCUT2D eigenvalue weighted by Crippen LogP contribution is -2.40. The van der Waals surface area contributed by atoms with Crippen molar-refractivity contribution < 1.29 is 40.2 Å². The molecule has 0 fully saturated rings. The van der Waals surface area contributed by atoms with Crippen LogP contribution < -0.4 is 4.13 Å². The first-order chi connectivity index (χ1) is 14.3. The SMILES string of the molecule is O=S(=O)(NS(=O)(=O)C(F)(F)F)c1ccc(N=Cc2c(O)ccc3ccccc23)c(O)c1. The summed E-state index contributed by atoms with van der Waals surface area (Å²) in [4.78, 5) is 3.05. The van der Waals surface area contributed by atoms with Crippen molar-refractivity contribution in [2.75, 3.05) is 0 Å². The number of aliphatic imine (C=N–C) groups is 1. The molecule has 0 amide bonds. The number of halogens is 3. The van der Waals surface area contributed by atoms with Gasteiger partial charge in [-0.2, -0.15) is 13.2 Å². The van der Waals surface area contributed by atoms with Crippen molar-refractivity contribution in [2.45, 2.75) is 10.4 Å². The van der Waals surface area contributed by atoms with Crippen molar-refractivity contribution in [3.05, 3.63) is 60.2 Å². The Kier molecular flexibility index (Phi) is 5.69. The molecule has 13 heteroatoms. The second-order valence-corrected chi connectivity index (χ2v) is 9.78. The van der Waals surface area contributed by atoms with Gasteiger partial charge in [-0.15, -0.1) is 0 Å². The number of phenols is 2. The first-order valence-electron chi connectivity index (χ1n) is 8.24. The summed E-state index contributed by atoms with van der Waals surface area (Å²) in [6, 6.07) is 12.4. The number of nitrogens with one attached hydrogen (secondary N) is 1. The second kappa shape index (κ2) is 7.83. The van der Waals surface area contributed by atoms with Gasteiger partial charge in [0.15, 0.2) is 0 Å². The summed E-state index contributed by atoms with van der Waals surface area (Å²) >= 11 is 0. The van der Waals surface area contributed by atoms with Crippen LogP contribution in [-0.2, 0) is 20.0 Å². The summed E-state index contributed by atoms with van der Waals surface area (Å²) < 4.78 is 83.9. The molecule has 0 aromatic heterocycles. The third-order valence-electron chi connectivity index (χ3n) is 4.06. The number of rotatable bonds is 5. The molecule has 31 heavy (non-hydrogen) atoms. The Morgan fingerprint density at radius 1 is 0.903 bits per heavy atom. The predicted octanol–water partition coefficient (Wildman–Crippen LogP) is 3.13. The van der Waals surface area contributed by atoms with Crippen LogP contribution in [0.2, 0.25) is 0 Å². The lowest BCUT2D eigenvalue weighted by atomic mass is 10.0. The van der Waals surface area contributed by atoms with E-state index in [2.05, 4.69) is 4.99 Å². The van der Waals surface area contributed by atoms with Crippen LogP contribution in [-0.4, -0.2) is 38.8 Å². The fourth-order valence-electron chi connectivity index (χ4n) is 2.57. The number of hydrogen-bond donors (Lipinski definition) is 3. The van der Waals surface area contributed by atoms with Crippen molar-refractivity contribution in [1.29, 1.82) is 0 Å². The zero-order valence-electron chi connectivity index (χ0n) is 15.2. The molecule has 0 aliphatic rings. The number of hydrogen-bond acceptors (Lipinski definition) is 7. The largest absolute Gasteiger partial charge is 0.512 e. The molecule has 0 aliphatic heterocycles. The molecule has 164 valence electrons. The Hall–Kier alpha value is -3.16. The number of nitrogens with zero attached hydrogens (tertiary/aromatic N) is 1. The Morgan fingerprint density at radius 2 is 1.58 bits per heavy atom. The van der Waals surface area contributed by atoms with E-state index in [1.807, 2.05) is 0 Å². The van der Waals surface area contributed by atoms with Gasteiger partial charge in [0.25, 0.3) is 10.0 Å². The standard InChI is InChI=1S/C18H13F3N2O6S2/c19-18(20,21)31(28,29)23-30(26,27)12-6-7-15(17(25)9-12)22-10-14-13-4-2-1-3-11(13)5-8-16(14)24/h1-10,23-25H. The van der Waals surface area contributed by atoms with E-state index in [0.29, 0.717) is 21.1 Å². The van der Waals surface area contributed by atoms with Gasteiger partial charge in [-0.3, -0.25) is 4.99 Å². The Balaban J connectivity index is 1.95. The molecule has 0 saturated carbocycles. The number of phenolic OH excluding ortho intramolecular Hbond substituents is 2. The molecule has 0 bridgehead atoms. The van der Waals surface area contributed by atoms with Gasteiger partial charge in [0.2, 0.25) is 0 Å². The second-order valence-electron chi connectivity index (χ2n) is 6.16. The molecule has 8 nitrogen and oxygen atoms in total. The Bertz CT molecular complexity index is 1400. The van der Waals surface area contributed by atoms with E-state index in [1.165, 1.54) is 12.3 Å². The fourth-order valence-corrected chi connectivity index (χ4v) is 5.01. The van der Waals surface area contributed by atoms with Crippen molar-refractivity contribution in [2.24, 2.45) is 4.99 Å². The number of aromatic hydroxyl groups is 2. The normalized spacial score (nSPS) is 13.1. The molecule has 0 saturated heterocycles. The monoisotopic (exact) mass is 474 g/mol. The van der Waals surface area contributed by atoms with Crippen LogP contribution in [0.1, 0.15) is 5.56 Å². The van der Waals surface area contributed by atoms with Gasteiger partial charge in [0.05, 0.1) is 4.90 Å². The number of sulfonamides is 2. The maximum Gasteiger partial charge on any atom is 0.512 e. The molecule has 0 spiro atoms. The summed E-state index contributed by atoms with van der Waals surface area (Å²) in [6.45, 7) is 0. The Labute approximate surface area is 174 Å². The molecule has 0 radical (unpaired) electrons. The zero-order chi connectivity index (χ0) is 23.0. The fraction of sp³-hybridized carbons (Fsp3) is 0.0556. The zero-order valence-corrected chi connectivity index (χ0v) is 16.8. The molecule has 3 aromatic rings. The van der Waals surface area contributed by atoms with E-state index < -0.39 is 36.2 Å². The molecule has 3 N–H and O–H groups in total. The van der Waals surface area contributed by atoms with Crippen LogP contribution in [0.25, 0.3) is 10.8 Å². The highest BCUT2D eigenvalue weighted by Gasteiger charge is 2.48. The van der Waals surface area contributed by atoms with E-state index in [0.717, 1.165) is 17.5 Å². The number of benzene rings is 3. The van der Waals surface area contributed by atoms with Crippen LogP contribution in [0, 0.1) is 0 Å². The van der Waals surface area contributed by atoms with Crippen LogP contribution in [0.5, 0.6) is 11.5 Å². The minimum atomic E-state index is -6.18. The summed E-state index contributed by atoms with van der Waals surface area (Å²) in [7, 11) is -11.3. The summed E-state index contributed by atoms with van der Waals surface area (Å²) in [5, 5.41) is 21.6. The summed E-state index contributed by atoms with van der Waals surface area (Å²) in [5.74, 6) is -0.856. The van der Waals surface area contributed by atoms with Crippen LogP contribution >= 0.6 is 0 Å². The molecule has 0 heterocycles. The summed E-state index contributed by atoms with van der Waals surface area (Å²) in [6.07, 6.45) is 1.22. The van der Waals surface area contributed by atoms with E-state index in [9.17, 15) is 40.2 Å². The van der Waals surface area contributed by atoms with Gasteiger partial charge < -0.3 is 10.2 Å². The lowest BCUT2D eigenvalue weighted by molar-refractivity contribution is -0.0441. The minimum Gasteiger partial charge on any atom is -0.507 e. The maximum atomic E-state index is 12.4. The third kappa shape index (κ3) is 4.62. The average molecular weight is 474 g/mol. The van der Waals surface area contributed by atoms with Crippen LogP contribution in [0.15, 0.2) is 64.5 Å². The lowest BCUT2D eigenvalue weighted by Gasteiger charge is -2.11. The van der Waals surface area contributed by atoms with Crippen molar-refractivity contribution in [3.63, 3.8) is 0 Å². The first-order valence-corrected chi connectivity index (χ1v) is 11.2. The van der Waals surface area contributed by atoms with Gasteiger partial charge in [0, 0.05) is 17.8 Å². The van der Waals surface area contributed by atoms with Crippen molar-refractivity contribution >= 4 is 42.7 Å². The maximum absolute atomic E-state index is 12.4. The molecule has 0 aliphatic carbocycles. The molecule has 3 aromatic carbocycles. The van der Waals surface area contributed by atoms with Crippen molar-refractivity contribution in [3.8, 4) is 11.5 Å². The summed E-state index contributed by atoms with van der Waals surface area (Å²) in [5.41, 5.74) is -5.70. The highest BCUT2D eigenvalue weighted by Crippen LogP contribution is 2.32. The van der Waals surface area contributed by atoms with Gasteiger partial charge >= 0.3 is 15.5 Å². The Morgan fingerprint density at radius 3 is 2.23 bits per heavy atom. The smallest absolute Gasteiger partial charge is 0.507 e. The van der Waals surface area contributed by atoms with E-state index >= 15 is 0 Å². The topological polar surface area (TPSA) is 133 Å². The van der Waals surface area contributed by atoms with Gasteiger partial charge in [0.1, 0.15) is 17.2 Å². The molecule has 0 unspecified atom stereocenters. The van der Waals surface area contributed by atoms with Gasteiger partial charge in [-0.05, 0) is 29.0 Å². The van der Waals surface area contributed by atoms with Gasteiger partial charge in [-0.1, -0.05) is 34.5 Å². The highest BCUT2D eigenvalue weighted by atomic mass is 32.3. The van der Waals surface area contributed by atoms with E-state index in [4.69, 9.17) is 0 Å². The minimum absolute atomic E-state index is 0.109. The highest BCUT2D eigenvalue weighted by molar-refractivity contribution is 8.05. The molecule has 0 atom stereocenters. The van der Waals surface area contributed by atoms with Gasteiger partial charge in [-0.25, -0.2) is 16.8 Å². The number of fused-ring (bicyclic) bond motifs is 1. The van der Waals surface area contributed by atoms with E-state index in [1.54, 1.807) is 30.3 Å². The third-order valence-corrected chi connectivity index (χ3v) is 7.30. The average Bonchev–Trinajstić information content (AvgIpc) is 2.66. The predicted molar refractivity (Wildman–Crippen MR) is 106 cm³/mol. The number of alkyl halides is 3. The van der Waals surface area contributed by atoms with Crippen molar-refractivity contribution in [1.82, 2.24) is 4.13 Å². The quantitative estimate of drug-likeness (QED) is 0.487. The first kappa shape index (κ1) is 22.5. The molecule has 3 rings (SSSR count). The van der Waals surface area contributed by atoms with Crippen LogP contribution in [0.3, 0.4) is 0 Å².